The van der Waals surface area contributed by atoms with E-state index in [2.05, 4.69) is 15.5 Å². The smallest absolute Gasteiger partial charge is 0.263 e. The third-order valence-corrected chi connectivity index (χ3v) is 5.52. The Hall–Kier alpha value is -3.65. The maximum absolute atomic E-state index is 13.1. The van der Waals surface area contributed by atoms with Gasteiger partial charge in [-0.25, -0.2) is 14.8 Å². The summed E-state index contributed by atoms with van der Waals surface area (Å²) in [7, 11) is 0. The van der Waals surface area contributed by atoms with Crippen molar-refractivity contribution in [3.63, 3.8) is 0 Å². The molecule has 0 atom stereocenters. The Morgan fingerprint density at radius 3 is 2.67 bits per heavy atom. The number of nitrogens with zero attached hydrogens (tertiary/aromatic N) is 3. The first-order valence-electron chi connectivity index (χ1n) is 9.14. The van der Waals surface area contributed by atoms with Gasteiger partial charge < -0.3 is 0 Å². The quantitative estimate of drug-likeness (QED) is 0.395. The van der Waals surface area contributed by atoms with Crippen molar-refractivity contribution in [2.24, 2.45) is 5.10 Å². The van der Waals surface area contributed by atoms with Gasteiger partial charge in [0.15, 0.2) is 0 Å². The van der Waals surface area contributed by atoms with E-state index >= 15 is 0 Å². The van der Waals surface area contributed by atoms with Crippen molar-refractivity contribution < 1.29 is 9.18 Å². The summed E-state index contributed by atoms with van der Waals surface area (Å²) in [6.45, 7) is 1.74. The van der Waals surface area contributed by atoms with Gasteiger partial charge in [0.2, 0.25) is 0 Å². The van der Waals surface area contributed by atoms with E-state index in [-0.39, 0.29) is 17.9 Å². The van der Waals surface area contributed by atoms with Crippen molar-refractivity contribution in [2.75, 3.05) is 0 Å². The molecule has 0 unspecified atom stereocenters. The molecule has 0 aliphatic heterocycles. The molecule has 2 aromatic heterocycles. The van der Waals surface area contributed by atoms with Crippen LogP contribution < -0.4 is 11.0 Å². The van der Waals surface area contributed by atoms with Crippen LogP contribution in [0.3, 0.4) is 0 Å². The first kappa shape index (κ1) is 19.7. The van der Waals surface area contributed by atoms with Gasteiger partial charge in [-0.1, -0.05) is 42.5 Å². The minimum absolute atomic E-state index is 0.217. The van der Waals surface area contributed by atoms with Crippen molar-refractivity contribution in [3.8, 4) is 11.1 Å². The molecular formula is C22H17FN4O2S. The molecule has 0 radical (unpaired) electrons. The number of carbonyl (C=O) groups excluding carboxylic acids is 1. The molecule has 1 amide bonds. The molecule has 0 saturated heterocycles. The number of rotatable bonds is 5. The molecule has 0 spiro atoms. The Balaban J connectivity index is 1.57. The summed E-state index contributed by atoms with van der Waals surface area (Å²) in [5, 5.41) is 4.36. The van der Waals surface area contributed by atoms with Gasteiger partial charge in [0.25, 0.3) is 11.5 Å². The van der Waals surface area contributed by atoms with E-state index in [0.717, 1.165) is 16.0 Å². The number of nitrogens with one attached hydrogen (secondary N) is 1. The Bertz CT molecular complexity index is 1290. The van der Waals surface area contributed by atoms with E-state index in [1.54, 1.807) is 0 Å². The molecule has 0 fully saturated rings. The summed E-state index contributed by atoms with van der Waals surface area (Å²) in [5.74, 6) is -0.818. The lowest BCUT2D eigenvalue weighted by atomic mass is 10.0. The minimum Gasteiger partial charge on any atom is -0.289 e. The van der Waals surface area contributed by atoms with E-state index in [1.807, 2.05) is 37.3 Å². The summed E-state index contributed by atoms with van der Waals surface area (Å²) >= 11 is 1.45. The van der Waals surface area contributed by atoms with Crippen molar-refractivity contribution in [1.82, 2.24) is 15.0 Å². The van der Waals surface area contributed by atoms with E-state index < -0.39 is 5.91 Å². The van der Waals surface area contributed by atoms with E-state index in [4.69, 9.17) is 0 Å². The highest BCUT2D eigenvalue weighted by molar-refractivity contribution is 7.19. The second-order valence-corrected chi connectivity index (χ2v) is 7.80. The molecule has 0 aliphatic carbocycles. The maximum atomic E-state index is 13.1. The second kappa shape index (κ2) is 8.38. The number of hydrazone groups is 1. The molecule has 6 nitrogen and oxygen atoms in total. The number of carbonyl (C=O) groups is 1. The highest BCUT2D eigenvalue weighted by Gasteiger charge is 2.17. The average Bonchev–Trinajstić information content (AvgIpc) is 3.09. The van der Waals surface area contributed by atoms with Crippen LogP contribution >= 0.6 is 11.3 Å². The molecule has 0 saturated carbocycles. The van der Waals surface area contributed by atoms with Gasteiger partial charge in [-0.2, -0.15) is 5.10 Å². The first-order valence-corrected chi connectivity index (χ1v) is 9.96. The monoisotopic (exact) mass is 420 g/mol. The zero-order chi connectivity index (χ0) is 21.1. The summed E-state index contributed by atoms with van der Waals surface area (Å²) in [4.78, 5) is 31.3. The van der Waals surface area contributed by atoms with Crippen molar-refractivity contribution >= 4 is 33.7 Å². The Kier molecular flexibility index (Phi) is 5.49. The first-order chi connectivity index (χ1) is 14.5. The van der Waals surface area contributed by atoms with Crippen LogP contribution in [0.4, 0.5) is 4.39 Å². The van der Waals surface area contributed by atoms with Gasteiger partial charge in [-0.05, 0) is 30.2 Å². The van der Waals surface area contributed by atoms with Crippen LogP contribution in [0.1, 0.15) is 10.4 Å². The Morgan fingerprint density at radius 2 is 1.93 bits per heavy atom. The molecule has 4 rings (SSSR count). The molecule has 8 heteroatoms. The van der Waals surface area contributed by atoms with Gasteiger partial charge in [-0.3, -0.25) is 14.2 Å². The summed E-state index contributed by atoms with van der Waals surface area (Å²) in [6, 6.07) is 15.3. The van der Waals surface area contributed by atoms with Crippen molar-refractivity contribution in [2.45, 2.75) is 13.5 Å². The fourth-order valence-corrected chi connectivity index (χ4v) is 4.12. The van der Waals surface area contributed by atoms with Crippen LogP contribution in [0, 0.1) is 12.7 Å². The number of hydrogen-bond acceptors (Lipinski definition) is 5. The largest absolute Gasteiger partial charge is 0.289 e. The van der Waals surface area contributed by atoms with Gasteiger partial charge in [0, 0.05) is 10.4 Å². The third-order valence-electron chi connectivity index (χ3n) is 4.50. The lowest BCUT2D eigenvalue weighted by Gasteiger charge is -2.06. The van der Waals surface area contributed by atoms with Gasteiger partial charge >= 0.3 is 0 Å². The number of halogens is 1. The molecule has 0 aliphatic rings. The second-order valence-electron chi connectivity index (χ2n) is 6.60. The predicted octanol–water partition coefficient (Wildman–Crippen LogP) is 3.72. The molecule has 1 N–H and O–H groups in total. The zero-order valence-corrected chi connectivity index (χ0v) is 16.8. The van der Waals surface area contributed by atoms with Crippen LogP contribution in [0.5, 0.6) is 0 Å². The number of amides is 1. The molecule has 150 valence electrons. The number of fused-ring (bicyclic) bond motifs is 1. The summed E-state index contributed by atoms with van der Waals surface area (Å²) in [5.41, 5.74) is 4.51. The highest BCUT2D eigenvalue weighted by atomic mass is 32.1. The fraction of sp³-hybridized carbons (Fsp3) is 0.0909. The number of benzene rings is 2. The molecule has 4 aromatic rings. The predicted molar refractivity (Wildman–Crippen MR) is 116 cm³/mol. The van der Waals surface area contributed by atoms with Gasteiger partial charge in [-0.15, -0.1) is 11.3 Å². The normalized spacial score (nSPS) is 11.3. The van der Waals surface area contributed by atoms with E-state index in [0.29, 0.717) is 15.8 Å². The van der Waals surface area contributed by atoms with Crippen LogP contribution in [-0.2, 0) is 11.3 Å². The molecule has 2 heterocycles. The fourth-order valence-electron chi connectivity index (χ4n) is 3.12. The molecular weight excluding hydrogens is 403 g/mol. The lowest BCUT2D eigenvalue weighted by molar-refractivity contribution is -0.121. The third kappa shape index (κ3) is 4.04. The number of aromatic nitrogens is 2. The molecule has 30 heavy (non-hydrogen) atoms. The van der Waals surface area contributed by atoms with Crippen molar-refractivity contribution in [3.05, 3.63) is 87.5 Å². The SMILES string of the molecule is Cc1sc2ncn(CC(=O)N/N=C\c3ccc(F)cc3)c(=O)c2c1-c1ccccc1. The summed E-state index contributed by atoms with van der Waals surface area (Å²) < 4.78 is 14.2. The number of hydrogen-bond donors (Lipinski definition) is 1. The van der Waals surface area contributed by atoms with Crippen LogP contribution in [-0.4, -0.2) is 21.7 Å². The molecule has 0 bridgehead atoms. The zero-order valence-electron chi connectivity index (χ0n) is 16.0. The van der Waals surface area contributed by atoms with Crippen LogP contribution in [0.15, 0.2) is 70.8 Å². The van der Waals surface area contributed by atoms with Crippen LogP contribution in [0.2, 0.25) is 0 Å². The molecule has 2 aromatic carbocycles. The van der Waals surface area contributed by atoms with Crippen LogP contribution in [0.25, 0.3) is 21.3 Å². The maximum Gasteiger partial charge on any atom is 0.263 e. The minimum atomic E-state index is -0.468. The number of aryl methyl sites for hydroxylation is 1. The lowest BCUT2D eigenvalue weighted by Crippen LogP contribution is -2.30. The standard InChI is InChI=1S/C22H17FN4O2S/c1-14-19(16-5-3-2-4-6-16)20-21(30-14)24-13-27(22(20)29)12-18(28)26-25-11-15-7-9-17(23)10-8-15/h2-11,13H,12H2,1H3,(H,26,28)/b25-11-. The topological polar surface area (TPSA) is 76.3 Å². The Morgan fingerprint density at radius 1 is 1.20 bits per heavy atom. The average molecular weight is 420 g/mol. The Labute approximate surface area is 175 Å². The number of thiophene rings is 1. The van der Waals surface area contributed by atoms with E-state index in [1.165, 1.54) is 52.7 Å². The van der Waals surface area contributed by atoms with Gasteiger partial charge in [0.1, 0.15) is 17.2 Å². The summed E-state index contributed by atoms with van der Waals surface area (Å²) in [6.07, 6.45) is 2.77. The van der Waals surface area contributed by atoms with E-state index in [9.17, 15) is 14.0 Å². The highest BCUT2D eigenvalue weighted by Crippen LogP contribution is 2.35. The van der Waals surface area contributed by atoms with Crippen molar-refractivity contribution in [1.29, 1.82) is 0 Å². The van der Waals surface area contributed by atoms with Gasteiger partial charge in [0.05, 0.1) is 17.9 Å².